The SMILES string of the molecule is CC1(C)C(CNCC2(O)CCCCCC2)C1(C)C. The standard InChI is InChI=1S/C16H31NO/c1-14(2)13(15(14,3)4)11-17-12-16(18)9-7-5-6-8-10-16/h13,17-18H,5-12H2,1-4H3. The molecule has 0 heterocycles. The second-order valence-electron chi connectivity index (χ2n) is 7.77. The van der Waals surface area contributed by atoms with Gasteiger partial charge in [0.2, 0.25) is 0 Å². The quantitative estimate of drug-likeness (QED) is 0.753. The molecule has 0 aromatic carbocycles. The van der Waals surface area contributed by atoms with Crippen LogP contribution < -0.4 is 5.32 Å². The van der Waals surface area contributed by atoms with E-state index in [2.05, 4.69) is 33.0 Å². The molecule has 2 aliphatic rings. The van der Waals surface area contributed by atoms with Gasteiger partial charge in [0, 0.05) is 6.54 Å². The fourth-order valence-corrected chi connectivity index (χ4v) is 3.86. The van der Waals surface area contributed by atoms with Crippen molar-refractivity contribution in [1.29, 1.82) is 0 Å². The summed E-state index contributed by atoms with van der Waals surface area (Å²) in [6, 6.07) is 0. The van der Waals surface area contributed by atoms with Gasteiger partial charge in [0.15, 0.2) is 0 Å². The van der Waals surface area contributed by atoms with Crippen molar-refractivity contribution in [2.24, 2.45) is 16.7 Å². The van der Waals surface area contributed by atoms with Crippen LogP contribution in [0.3, 0.4) is 0 Å². The van der Waals surface area contributed by atoms with E-state index in [0.29, 0.717) is 10.8 Å². The monoisotopic (exact) mass is 253 g/mol. The first-order valence-corrected chi connectivity index (χ1v) is 7.73. The van der Waals surface area contributed by atoms with Gasteiger partial charge in [-0.2, -0.15) is 0 Å². The largest absolute Gasteiger partial charge is 0.389 e. The van der Waals surface area contributed by atoms with Gasteiger partial charge >= 0.3 is 0 Å². The highest BCUT2D eigenvalue weighted by Gasteiger charge is 2.63. The molecule has 2 fully saturated rings. The third-order valence-corrected chi connectivity index (χ3v) is 6.16. The summed E-state index contributed by atoms with van der Waals surface area (Å²) in [6.45, 7) is 11.3. The third-order valence-electron chi connectivity index (χ3n) is 6.16. The van der Waals surface area contributed by atoms with Crippen LogP contribution in [0.15, 0.2) is 0 Å². The fraction of sp³-hybridized carbons (Fsp3) is 1.00. The summed E-state index contributed by atoms with van der Waals surface area (Å²) in [6.07, 6.45) is 6.95. The second kappa shape index (κ2) is 4.79. The van der Waals surface area contributed by atoms with Crippen molar-refractivity contribution in [3.63, 3.8) is 0 Å². The molecule has 106 valence electrons. The molecule has 0 unspecified atom stereocenters. The first-order chi connectivity index (χ1) is 8.30. The smallest absolute Gasteiger partial charge is 0.0771 e. The Labute approximate surface area is 113 Å². The Balaban J connectivity index is 1.75. The van der Waals surface area contributed by atoms with E-state index in [1.54, 1.807) is 0 Å². The Morgan fingerprint density at radius 1 is 0.944 bits per heavy atom. The van der Waals surface area contributed by atoms with E-state index in [0.717, 1.165) is 31.8 Å². The van der Waals surface area contributed by atoms with Gasteiger partial charge in [0.25, 0.3) is 0 Å². The normalized spacial score (nSPS) is 29.8. The summed E-state index contributed by atoms with van der Waals surface area (Å²) < 4.78 is 0. The maximum absolute atomic E-state index is 10.6. The molecule has 0 atom stereocenters. The lowest BCUT2D eigenvalue weighted by Crippen LogP contribution is -2.41. The molecule has 0 bridgehead atoms. The molecule has 2 N–H and O–H groups in total. The summed E-state index contributed by atoms with van der Waals surface area (Å²) >= 11 is 0. The van der Waals surface area contributed by atoms with Crippen LogP contribution in [-0.2, 0) is 0 Å². The molecule has 18 heavy (non-hydrogen) atoms. The molecular formula is C16H31NO. The minimum Gasteiger partial charge on any atom is -0.389 e. The lowest BCUT2D eigenvalue weighted by atomic mass is 9.94. The molecule has 2 nitrogen and oxygen atoms in total. The Kier molecular flexibility index (Phi) is 3.81. The molecule has 2 heteroatoms. The van der Waals surface area contributed by atoms with Crippen molar-refractivity contribution < 1.29 is 5.11 Å². The van der Waals surface area contributed by atoms with E-state index in [4.69, 9.17) is 0 Å². The molecule has 0 amide bonds. The van der Waals surface area contributed by atoms with Crippen LogP contribution in [-0.4, -0.2) is 23.8 Å². The molecular weight excluding hydrogens is 222 g/mol. The lowest BCUT2D eigenvalue weighted by Gasteiger charge is -2.27. The minimum absolute atomic E-state index is 0.431. The predicted octanol–water partition coefficient (Wildman–Crippen LogP) is 3.34. The number of aliphatic hydroxyl groups is 1. The van der Waals surface area contributed by atoms with Crippen LogP contribution in [0, 0.1) is 16.7 Å². The van der Waals surface area contributed by atoms with E-state index in [1.165, 1.54) is 25.7 Å². The number of rotatable bonds is 4. The Bertz CT molecular complexity index is 273. The van der Waals surface area contributed by atoms with Crippen molar-refractivity contribution in [1.82, 2.24) is 5.32 Å². The maximum Gasteiger partial charge on any atom is 0.0771 e. The topological polar surface area (TPSA) is 32.3 Å². The Hall–Kier alpha value is -0.0800. The summed E-state index contributed by atoms with van der Waals surface area (Å²) in [4.78, 5) is 0. The van der Waals surface area contributed by atoms with Crippen LogP contribution in [0.4, 0.5) is 0 Å². The van der Waals surface area contributed by atoms with Crippen molar-refractivity contribution in [3.8, 4) is 0 Å². The Morgan fingerprint density at radius 2 is 1.44 bits per heavy atom. The van der Waals surface area contributed by atoms with E-state index in [1.807, 2.05) is 0 Å². The van der Waals surface area contributed by atoms with Crippen LogP contribution in [0.2, 0.25) is 0 Å². The molecule has 0 saturated heterocycles. The third kappa shape index (κ3) is 2.60. The van der Waals surface area contributed by atoms with Gasteiger partial charge in [-0.25, -0.2) is 0 Å². The van der Waals surface area contributed by atoms with E-state index in [-0.39, 0.29) is 0 Å². The summed E-state index contributed by atoms with van der Waals surface area (Å²) in [7, 11) is 0. The average molecular weight is 253 g/mol. The zero-order valence-corrected chi connectivity index (χ0v) is 12.7. The van der Waals surface area contributed by atoms with Crippen LogP contribution in [0.1, 0.15) is 66.2 Å². The summed E-state index contributed by atoms with van der Waals surface area (Å²) in [5.41, 5.74) is 0.470. The first kappa shape index (κ1) is 14.3. The van der Waals surface area contributed by atoms with Gasteiger partial charge in [-0.3, -0.25) is 0 Å². The predicted molar refractivity (Wildman–Crippen MR) is 76.6 cm³/mol. The molecule has 0 aromatic heterocycles. The van der Waals surface area contributed by atoms with Crippen LogP contribution in [0.25, 0.3) is 0 Å². The highest BCUT2D eigenvalue weighted by atomic mass is 16.3. The van der Waals surface area contributed by atoms with E-state index in [9.17, 15) is 5.11 Å². The van der Waals surface area contributed by atoms with Crippen molar-refractivity contribution in [2.75, 3.05) is 13.1 Å². The molecule has 2 rings (SSSR count). The van der Waals surface area contributed by atoms with Crippen LogP contribution >= 0.6 is 0 Å². The molecule has 2 saturated carbocycles. The fourth-order valence-electron chi connectivity index (χ4n) is 3.86. The minimum atomic E-state index is -0.431. The van der Waals surface area contributed by atoms with Crippen LogP contribution in [0.5, 0.6) is 0 Å². The Morgan fingerprint density at radius 3 is 1.89 bits per heavy atom. The summed E-state index contributed by atoms with van der Waals surface area (Å²) in [5, 5.41) is 14.1. The maximum atomic E-state index is 10.6. The molecule has 0 aliphatic heterocycles. The zero-order chi connectivity index (χ0) is 13.4. The van der Waals surface area contributed by atoms with Gasteiger partial charge < -0.3 is 10.4 Å². The lowest BCUT2D eigenvalue weighted by molar-refractivity contribution is 0.0249. The van der Waals surface area contributed by atoms with Gasteiger partial charge in [-0.05, 0) is 36.1 Å². The molecule has 0 radical (unpaired) electrons. The van der Waals surface area contributed by atoms with Gasteiger partial charge in [0.05, 0.1) is 5.60 Å². The van der Waals surface area contributed by atoms with Crippen molar-refractivity contribution >= 4 is 0 Å². The zero-order valence-electron chi connectivity index (χ0n) is 12.7. The highest BCUT2D eigenvalue weighted by Crippen LogP contribution is 2.67. The molecule has 2 aliphatic carbocycles. The van der Waals surface area contributed by atoms with Gasteiger partial charge in [-0.15, -0.1) is 0 Å². The van der Waals surface area contributed by atoms with Crippen molar-refractivity contribution in [2.45, 2.75) is 71.8 Å². The van der Waals surface area contributed by atoms with E-state index < -0.39 is 5.60 Å². The average Bonchev–Trinajstić information content (AvgIpc) is 2.77. The first-order valence-electron chi connectivity index (χ1n) is 7.73. The molecule has 0 aromatic rings. The molecule has 0 spiro atoms. The number of nitrogens with one attached hydrogen (secondary N) is 1. The number of hydrogen-bond donors (Lipinski definition) is 2. The summed E-state index contributed by atoms with van der Waals surface area (Å²) in [5.74, 6) is 0.749. The van der Waals surface area contributed by atoms with E-state index >= 15 is 0 Å². The highest BCUT2D eigenvalue weighted by molar-refractivity contribution is 5.12. The van der Waals surface area contributed by atoms with Crippen molar-refractivity contribution in [3.05, 3.63) is 0 Å². The number of hydrogen-bond acceptors (Lipinski definition) is 2. The van der Waals surface area contributed by atoms with Gasteiger partial charge in [0.1, 0.15) is 0 Å². The van der Waals surface area contributed by atoms with Gasteiger partial charge in [-0.1, -0.05) is 53.4 Å². The second-order valence-corrected chi connectivity index (χ2v) is 7.77.